The molecule has 0 aromatic rings. The number of hydrogen-bond donors (Lipinski definition) is 1. The number of piperazine rings is 1. The van der Waals surface area contributed by atoms with E-state index >= 15 is 0 Å². The second kappa shape index (κ2) is 7.66. The number of rotatable bonds is 3. The largest absolute Gasteiger partial charge is 0.444 e. The first kappa shape index (κ1) is 19.3. The Kier molecular flexibility index (Phi) is 6.41. The number of ether oxygens (including phenoxy) is 1. The van der Waals surface area contributed by atoms with Gasteiger partial charge in [0, 0.05) is 33.1 Å². The van der Waals surface area contributed by atoms with E-state index in [1.807, 2.05) is 13.8 Å². The van der Waals surface area contributed by atoms with Crippen molar-refractivity contribution in [3.8, 4) is 0 Å². The molecule has 1 aliphatic rings. The summed E-state index contributed by atoms with van der Waals surface area (Å²) in [6.07, 6.45) is -0.591. The molecule has 1 saturated heterocycles. The highest BCUT2D eigenvalue weighted by Crippen LogP contribution is 2.12. The Bertz CT molecular complexity index is 449. The Hall–Kier alpha value is -1.79. The average Bonchev–Trinajstić information content (AvgIpc) is 2.42. The van der Waals surface area contributed by atoms with Crippen molar-refractivity contribution < 1.29 is 19.1 Å². The normalized spacial score (nSPS) is 17.0. The number of carbonyl (C=O) groups is 3. The maximum atomic E-state index is 12.7. The first-order chi connectivity index (χ1) is 10.5. The highest BCUT2D eigenvalue weighted by Gasteiger charge is 2.32. The number of amides is 3. The first-order valence-electron chi connectivity index (χ1n) is 8.05. The molecule has 0 spiro atoms. The van der Waals surface area contributed by atoms with Crippen LogP contribution in [0.2, 0.25) is 0 Å². The number of carbonyl (C=O) groups excluding carboxylic acids is 3. The van der Waals surface area contributed by atoms with Gasteiger partial charge in [-0.2, -0.15) is 0 Å². The van der Waals surface area contributed by atoms with Gasteiger partial charge in [-0.3, -0.25) is 9.59 Å². The van der Waals surface area contributed by atoms with Crippen LogP contribution >= 0.6 is 0 Å². The van der Waals surface area contributed by atoms with E-state index in [2.05, 4.69) is 5.32 Å². The molecule has 0 radical (unpaired) electrons. The van der Waals surface area contributed by atoms with Crippen LogP contribution in [-0.2, 0) is 14.3 Å². The zero-order valence-corrected chi connectivity index (χ0v) is 15.0. The van der Waals surface area contributed by atoms with Gasteiger partial charge in [-0.25, -0.2) is 4.79 Å². The van der Waals surface area contributed by atoms with Gasteiger partial charge in [0.1, 0.15) is 11.6 Å². The quantitative estimate of drug-likeness (QED) is 0.845. The molecule has 1 fully saturated rings. The number of nitrogens with zero attached hydrogens (tertiary/aromatic N) is 2. The van der Waals surface area contributed by atoms with Gasteiger partial charge >= 0.3 is 6.09 Å². The molecule has 7 heteroatoms. The third-order valence-electron chi connectivity index (χ3n) is 3.64. The molecule has 0 saturated carbocycles. The molecule has 132 valence electrons. The van der Waals surface area contributed by atoms with Crippen LogP contribution in [-0.4, -0.2) is 65.5 Å². The molecule has 1 rings (SSSR count). The van der Waals surface area contributed by atoms with E-state index in [1.54, 1.807) is 30.6 Å². The van der Waals surface area contributed by atoms with E-state index in [4.69, 9.17) is 4.74 Å². The molecule has 0 unspecified atom stereocenters. The molecule has 0 aromatic heterocycles. The summed E-state index contributed by atoms with van der Waals surface area (Å²) in [6, 6.07) is -0.631. The zero-order chi connectivity index (χ0) is 17.8. The van der Waals surface area contributed by atoms with E-state index in [-0.39, 0.29) is 17.7 Å². The molecule has 23 heavy (non-hydrogen) atoms. The van der Waals surface area contributed by atoms with Gasteiger partial charge in [0.25, 0.3) is 0 Å². The van der Waals surface area contributed by atoms with Crippen molar-refractivity contribution in [2.45, 2.75) is 53.2 Å². The predicted octanol–water partition coefficient (Wildman–Crippen LogP) is 1.23. The van der Waals surface area contributed by atoms with Crippen molar-refractivity contribution in [3.05, 3.63) is 0 Å². The molecule has 1 N–H and O–H groups in total. The molecule has 0 bridgehead atoms. The molecule has 3 amide bonds. The topological polar surface area (TPSA) is 79.0 Å². The molecule has 1 aliphatic heterocycles. The minimum atomic E-state index is -0.631. The molecule has 0 aliphatic carbocycles. The standard InChI is InChI=1S/C16H29N3O4/c1-11(2)13(17-15(22)23-16(4,5)6)14(21)19-9-7-18(8-10-19)12(3)20/h11,13H,7-10H2,1-6H3,(H,17,22)/t13-/m0/s1. The molecular formula is C16H29N3O4. The minimum absolute atomic E-state index is 0.0180. The number of alkyl carbamates (subject to hydrolysis) is 1. The minimum Gasteiger partial charge on any atom is -0.444 e. The zero-order valence-electron chi connectivity index (χ0n) is 15.0. The third-order valence-corrected chi connectivity index (χ3v) is 3.64. The Morgan fingerprint density at radius 2 is 1.48 bits per heavy atom. The first-order valence-corrected chi connectivity index (χ1v) is 8.05. The number of hydrogen-bond acceptors (Lipinski definition) is 4. The summed E-state index contributed by atoms with van der Waals surface area (Å²) in [7, 11) is 0. The lowest BCUT2D eigenvalue weighted by atomic mass is 10.0. The van der Waals surface area contributed by atoms with Crippen molar-refractivity contribution >= 4 is 17.9 Å². The molecule has 0 aromatic carbocycles. The SMILES string of the molecule is CC(=O)N1CCN(C(=O)[C@@H](NC(=O)OC(C)(C)C)C(C)C)CC1. The average molecular weight is 327 g/mol. The van der Waals surface area contributed by atoms with Gasteiger partial charge in [0.2, 0.25) is 11.8 Å². The fourth-order valence-corrected chi connectivity index (χ4v) is 2.39. The van der Waals surface area contributed by atoms with Crippen LogP contribution in [0.25, 0.3) is 0 Å². The van der Waals surface area contributed by atoms with E-state index in [9.17, 15) is 14.4 Å². The van der Waals surface area contributed by atoms with Gasteiger partial charge in [-0.1, -0.05) is 13.8 Å². The van der Waals surface area contributed by atoms with E-state index in [0.717, 1.165) is 0 Å². The van der Waals surface area contributed by atoms with Gasteiger partial charge < -0.3 is 19.9 Å². The summed E-state index contributed by atoms with van der Waals surface area (Å²) >= 11 is 0. The van der Waals surface area contributed by atoms with Crippen LogP contribution in [0.3, 0.4) is 0 Å². The molecule has 1 heterocycles. The fraction of sp³-hybridized carbons (Fsp3) is 0.812. The summed E-state index contributed by atoms with van der Waals surface area (Å²) in [5.74, 6) is -0.167. The van der Waals surface area contributed by atoms with Crippen molar-refractivity contribution in [2.75, 3.05) is 26.2 Å². The van der Waals surface area contributed by atoms with Crippen LogP contribution in [0.4, 0.5) is 4.79 Å². The van der Waals surface area contributed by atoms with E-state index in [1.165, 1.54) is 6.92 Å². The van der Waals surface area contributed by atoms with Crippen LogP contribution in [0.1, 0.15) is 41.5 Å². The smallest absolute Gasteiger partial charge is 0.408 e. The second-order valence-electron chi connectivity index (χ2n) is 7.20. The van der Waals surface area contributed by atoms with Crippen molar-refractivity contribution in [1.82, 2.24) is 15.1 Å². The van der Waals surface area contributed by atoms with Crippen LogP contribution in [0.5, 0.6) is 0 Å². The van der Waals surface area contributed by atoms with E-state index < -0.39 is 17.7 Å². The second-order valence-corrected chi connectivity index (χ2v) is 7.20. The highest BCUT2D eigenvalue weighted by atomic mass is 16.6. The lowest BCUT2D eigenvalue weighted by Crippen LogP contribution is -2.57. The summed E-state index contributed by atoms with van der Waals surface area (Å²) in [6.45, 7) is 12.6. The van der Waals surface area contributed by atoms with Gasteiger partial charge in [0.05, 0.1) is 0 Å². The molecular weight excluding hydrogens is 298 g/mol. The maximum Gasteiger partial charge on any atom is 0.408 e. The van der Waals surface area contributed by atoms with E-state index in [0.29, 0.717) is 26.2 Å². The lowest BCUT2D eigenvalue weighted by Gasteiger charge is -2.37. The molecule has 1 atom stereocenters. The maximum absolute atomic E-state index is 12.7. The van der Waals surface area contributed by atoms with Gasteiger partial charge in [-0.15, -0.1) is 0 Å². The van der Waals surface area contributed by atoms with Crippen molar-refractivity contribution in [1.29, 1.82) is 0 Å². The van der Waals surface area contributed by atoms with Crippen molar-refractivity contribution in [2.24, 2.45) is 5.92 Å². The van der Waals surface area contributed by atoms with Gasteiger partial charge in [-0.05, 0) is 26.7 Å². The Morgan fingerprint density at radius 3 is 1.87 bits per heavy atom. The Labute approximate surface area is 138 Å². The van der Waals surface area contributed by atoms with Crippen LogP contribution < -0.4 is 5.32 Å². The Morgan fingerprint density at radius 1 is 1.00 bits per heavy atom. The number of nitrogens with one attached hydrogen (secondary N) is 1. The predicted molar refractivity (Wildman–Crippen MR) is 86.8 cm³/mol. The van der Waals surface area contributed by atoms with Gasteiger partial charge in [0.15, 0.2) is 0 Å². The van der Waals surface area contributed by atoms with Crippen molar-refractivity contribution in [3.63, 3.8) is 0 Å². The summed E-state index contributed by atoms with van der Waals surface area (Å²) in [5, 5.41) is 2.67. The van der Waals surface area contributed by atoms with Crippen LogP contribution in [0, 0.1) is 5.92 Å². The Balaban J connectivity index is 2.65. The summed E-state index contributed by atoms with van der Waals surface area (Å²) in [5.41, 5.74) is -0.609. The monoisotopic (exact) mass is 327 g/mol. The van der Waals surface area contributed by atoms with Crippen LogP contribution in [0.15, 0.2) is 0 Å². The third kappa shape index (κ3) is 6.08. The summed E-state index contributed by atoms with van der Waals surface area (Å²) in [4.78, 5) is 39.4. The highest BCUT2D eigenvalue weighted by molar-refractivity contribution is 5.86. The molecule has 7 nitrogen and oxygen atoms in total. The fourth-order valence-electron chi connectivity index (χ4n) is 2.39. The lowest BCUT2D eigenvalue weighted by molar-refractivity contribution is -0.140. The summed E-state index contributed by atoms with van der Waals surface area (Å²) < 4.78 is 5.23.